The Hall–Kier alpha value is -2.28. The zero-order valence-corrected chi connectivity index (χ0v) is 15.6. The van der Waals surface area contributed by atoms with Crippen LogP contribution >= 0.6 is 0 Å². The molecule has 0 bridgehead atoms. The van der Waals surface area contributed by atoms with E-state index in [0.29, 0.717) is 5.92 Å². The van der Waals surface area contributed by atoms with E-state index in [1.54, 1.807) is 0 Å². The molecule has 126 valence electrons. The monoisotopic (exact) mass is 319 g/mol. The van der Waals surface area contributed by atoms with Crippen molar-refractivity contribution in [2.24, 2.45) is 11.7 Å². The van der Waals surface area contributed by atoms with Gasteiger partial charge in [-0.2, -0.15) is 0 Å². The van der Waals surface area contributed by atoms with Gasteiger partial charge in [0.1, 0.15) is 0 Å². The lowest BCUT2D eigenvalue weighted by atomic mass is 10.00. The zero-order valence-electron chi connectivity index (χ0n) is 15.6. The minimum atomic E-state index is 0.403. The summed E-state index contributed by atoms with van der Waals surface area (Å²) < 4.78 is 0. The highest BCUT2D eigenvalue weighted by Crippen LogP contribution is 2.38. The van der Waals surface area contributed by atoms with Crippen LogP contribution in [0.3, 0.4) is 0 Å². The average molecular weight is 319 g/mol. The number of allylic oxidation sites excluding steroid dienone is 8. The highest BCUT2D eigenvalue weighted by atomic mass is 14.6. The van der Waals surface area contributed by atoms with Crippen LogP contribution < -0.4 is 5.73 Å². The summed E-state index contributed by atoms with van der Waals surface area (Å²) in [6, 6.07) is 8.39. The second-order valence-electron chi connectivity index (χ2n) is 6.87. The molecule has 0 saturated carbocycles. The van der Waals surface area contributed by atoms with Gasteiger partial charge in [0.25, 0.3) is 0 Å². The van der Waals surface area contributed by atoms with Crippen LogP contribution in [0.15, 0.2) is 77.1 Å². The first-order chi connectivity index (χ1) is 11.3. The second kappa shape index (κ2) is 7.53. The maximum Gasteiger partial charge on any atom is 0.0213 e. The Balaban J connectivity index is 0.000000185. The summed E-state index contributed by atoms with van der Waals surface area (Å²) in [6.45, 7) is 14.4. The predicted molar refractivity (Wildman–Crippen MR) is 106 cm³/mol. The summed E-state index contributed by atoms with van der Waals surface area (Å²) in [7, 11) is 0. The fraction of sp³-hybridized carbons (Fsp3) is 0.304. The molecule has 0 spiro atoms. The highest BCUT2D eigenvalue weighted by Gasteiger charge is 2.25. The molecule has 2 aliphatic carbocycles. The minimum Gasteiger partial charge on any atom is -0.401 e. The van der Waals surface area contributed by atoms with E-state index in [1.807, 2.05) is 6.92 Å². The van der Waals surface area contributed by atoms with E-state index in [4.69, 9.17) is 5.73 Å². The third kappa shape index (κ3) is 3.97. The Bertz CT molecular complexity index is 752. The molecule has 1 heteroatoms. The van der Waals surface area contributed by atoms with Crippen LogP contribution in [0, 0.1) is 12.8 Å². The van der Waals surface area contributed by atoms with Crippen molar-refractivity contribution in [2.45, 2.75) is 41.0 Å². The van der Waals surface area contributed by atoms with Gasteiger partial charge >= 0.3 is 0 Å². The van der Waals surface area contributed by atoms with Crippen molar-refractivity contribution in [1.82, 2.24) is 0 Å². The van der Waals surface area contributed by atoms with Crippen molar-refractivity contribution in [3.8, 4) is 0 Å². The summed E-state index contributed by atoms with van der Waals surface area (Å²) in [5, 5.41) is 0. The van der Waals surface area contributed by atoms with Crippen molar-refractivity contribution >= 4 is 5.57 Å². The number of hydrogen-bond donors (Lipinski definition) is 1. The van der Waals surface area contributed by atoms with Gasteiger partial charge in [-0.1, -0.05) is 72.7 Å². The molecular weight excluding hydrogens is 290 g/mol. The van der Waals surface area contributed by atoms with Crippen molar-refractivity contribution in [3.05, 3.63) is 88.2 Å². The van der Waals surface area contributed by atoms with Gasteiger partial charge in [0.15, 0.2) is 0 Å². The van der Waals surface area contributed by atoms with E-state index in [0.717, 1.165) is 17.7 Å². The first-order valence-electron chi connectivity index (χ1n) is 8.58. The van der Waals surface area contributed by atoms with Crippen LogP contribution in [0.4, 0.5) is 0 Å². The van der Waals surface area contributed by atoms with Gasteiger partial charge in [-0.15, -0.1) is 0 Å². The number of benzene rings is 1. The lowest BCUT2D eigenvalue weighted by molar-refractivity contribution is 0.822. The summed E-state index contributed by atoms with van der Waals surface area (Å²) in [5.74, 6) is 0.403. The molecule has 1 aromatic carbocycles. The molecule has 0 aromatic heterocycles. The van der Waals surface area contributed by atoms with Crippen LogP contribution in [0.5, 0.6) is 0 Å². The van der Waals surface area contributed by atoms with E-state index in [2.05, 4.69) is 76.8 Å². The van der Waals surface area contributed by atoms with E-state index in [1.165, 1.54) is 33.4 Å². The molecule has 0 amide bonds. The van der Waals surface area contributed by atoms with E-state index in [-0.39, 0.29) is 0 Å². The summed E-state index contributed by atoms with van der Waals surface area (Å²) >= 11 is 0. The third-order valence-electron chi connectivity index (χ3n) is 4.87. The molecule has 1 atom stereocenters. The van der Waals surface area contributed by atoms with Crippen LogP contribution in [-0.2, 0) is 0 Å². The fourth-order valence-corrected chi connectivity index (χ4v) is 3.05. The first-order valence-corrected chi connectivity index (χ1v) is 8.58. The largest absolute Gasteiger partial charge is 0.401 e. The minimum absolute atomic E-state index is 0.403. The topological polar surface area (TPSA) is 26.0 Å². The molecule has 1 unspecified atom stereocenters. The Morgan fingerprint density at radius 3 is 2.29 bits per heavy atom. The second-order valence-corrected chi connectivity index (χ2v) is 6.87. The number of rotatable bonds is 1. The van der Waals surface area contributed by atoms with Crippen molar-refractivity contribution in [2.75, 3.05) is 0 Å². The van der Waals surface area contributed by atoms with Gasteiger partial charge in [0.2, 0.25) is 0 Å². The Kier molecular flexibility index (Phi) is 5.66. The molecule has 0 radical (unpaired) electrons. The highest BCUT2D eigenvalue weighted by molar-refractivity contribution is 5.61. The predicted octanol–water partition coefficient (Wildman–Crippen LogP) is 6.10. The Labute approximate surface area is 147 Å². The zero-order chi connectivity index (χ0) is 17.9. The van der Waals surface area contributed by atoms with Gasteiger partial charge in [-0.05, 0) is 56.4 Å². The normalized spacial score (nSPS) is 19.4. The number of nitrogens with two attached hydrogens (primary N) is 1. The SMILES string of the molecule is C=C(C)c1ccc(C)cc1.CC1=CCC2=C(C=C1)C(C)C(N)=C2C. The van der Waals surface area contributed by atoms with Gasteiger partial charge in [-0.25, -0.2) is 0 Å². The van der Waals surface area contributed by atoms with Crippen molar-refractivity contribution < 1.29 is 0 Å². The summed E-state index contributed by atoms with van der Waals surface area (Å²) in [6.07, 6.45) is 7.71. The molecule has 2 N–H and O–H groups in total. The van der Waals surface area contributed by atoms with E-state index < -0.39 is 0 Å². The van der Waals surface area contributed by atoms with Crippen molar-refractivity contribution in [1.29, 1.82) is 0 Å². The molecule has 2 aliphatic rings. The van der Waals surface area contributed by atoms with Crippen LogP contribution in [0.1, 0.15) is 45.2 Å². The van der Waals surface area contributed by atoms with E-state index in [9.17, 15) is 0 Å². The maximum atomic E-state index is 6.05. The lowest BCUT2D eigenvalue weighted by Crippen LogP contribution is -2.06. The molecule has 1 nitrogen and oxygen atoms in total. The van der Waals surface area contributed by atoms with Gasteiger partial charge in [0.05, 0.1) is 0 Å². The maximum absolute atomic E-state index is 6.05. The molecular formula is C23H29N. The average Bonchev–Trinajstić information content (AvgIpc) is 2.70. The Morgan fingerprint density at radius 2 is 1.71 bits per heavy atom. The summed E-state index contributed by atoms with van der Waals surface area (Å²) in [5.41, 5.74) is 16.2. The number of hydrogen-bond acceptors (Lipinski definition) is 1. The molecule has 0 aliphatic heterocycles. The van der Waals surface area contributed by atoms with Crippen LogP contribution in [-0.4, -0.2) is 0 Å². The molecule has 0 heterocycles. The van der Waals surface area contributed by atoms with E-state index >= 15 is 0 Å². The smallest absolute Gasteiger partial charge is 0.0213 e. The standard InChI is InChI=1S/C13H17N.C10H12/c1-8-4-6-11-9(2)13(14)10(3)12(11)7-5-8;1-8(2)10-6-4-9(3)5-7-10/h4-6,9H,7,14H2,1-3H3;4-7H,1H2,2-3H3. The van der Waals surface area contributed by atoms with Gasteiger partial charge < -0.3 is 5.73 Å². The number of aryl methyl sites for hydroxylation is 1. The quantitative estimate of drug-likeness (QED) is 0.665. The van der Waals surface area contributed by atoms with Gasteiger partial charge in [-0.3, -0.25) is 0 Å². The van der Waals surface area contributed by atoms with Crippen LogP contribution in [0.25, 0.3) is 5.57 Å². The molecule has 0 fully saturated rings. The fourth-order valence-electron chi connectivity index (χ4n) is 3.05. The third-order valence-corrected chi connectivity index (χ3v) is 4.87. The van der Waals surface area contributed by atoms with Gasteiger partial charge in [0, 0.05) is 11.6 Å². The van der Waals surface area contributed by atoms with Crippen molar-refractivity contribution in [3.63, 3.8) is 0 Å². The lowest BCUT2D eigenvalue weighted by Gasteiger charge is -2.07. The molecule has 24 heavy (non-hydrogen) atoms. The Morgan fingerprint density at radius 1 is 1.08 bits per heavy atom. The molecule has 1 aromatic rings. The van der Waals surface area contributed by atoms with Crippen LogP contribution in [0.2, 0.25) is 0 Å². The molecule has 0 saturated heterocycles. The summed E-state index contributed by atoms with van der Waals surface area (Å²) in [4.78, 5) is 0. The first kappa shape index (κ1) is 18.1. The molecule has 3 rings (SSSR count).